The number of fused-ring (bicyclic) bond motifs is 1. The summed E-state index contributed by atoms with van der Waals surface area (Å²) in [5.41, 5.74) is 6.07. The van der Waals surface area contributed by atoms with Gasteiger partial charge in [0.2, 0.25) is 5.91 Å². The minimum Gasteiger partial charge on any atom is -0.347 e. The Kier molecular flexibility index (Phi) is 5.30. The summed E-state index contributed by atoms with van der Waals surface area (Å²) in [6.07, 6.45) is 2.14. The second kappa shape index (κ2) is 7.82. The van der Waals surface area contributed by atoms with Crippen LogP contribution in [0.5, 0.6) is 0 Å². The third-order valence-electron chi connectivity index (χ3n) is 4.38. The molecule has 1 aromatic heterocycles. The first kappa shape index (κ1) is 18.3. The number of aryl methyl sites for hydroxylation is 1. The van der Waals surface area contributed by atoms with Crippen LogP contribution in [0.4, 0.5) is 5.69 Å². The first-order valence-corrected chi connectivity index (χ1v) is 8.64. The van der Waals surface area contributed by atoms with Crippen LogP contribution in [0.15, 0.2) is 59.8 Å². The number of carbonyl (C=O) groups is 1. The molecule has 1 amide bonds. The van der Waals surface area contributed by atoms with Crippen LogP contribution in [0.25, 0.3) is 10.9 Å². The van der Waals surface area contributed by atoms with Crippen LogP contribution >= 0.6 is 0 Å². The molecule has 0 aliphatic rings. The fourth-order valence-electron chi connectivity index (χ4n) is 2.96. The van der Waals surface area contributed by atoms with E-state index in [1.54, 1.807) is 12.1 Å². The number of nitro groups is 1. The molecule has 2 aromatic carbocycles. The van der Waals surface area contributed by atoms with Gasteiger partial charge in [0.15, 0.2) is 0 Å². The molecule has 3 rings (SSSR count). The van der Waals surface area contributed by atoms with E-state index in [0.29, 0.717) is 5.56 Å². The SMILES string of the molecule is CCn1cc(/C(C)=N\NC(=O)Cc2ccc([N+](=O)[O-])cc2)c2ccccc21. The van der Waals surface area contributed by atoms with Gasteiger partial charge in [0, 0.05) is 41.3 Å². The van der Waals surface area contributed by atoms with Gasteiger partial charge in [0.05, 0.1) is 17.1 Å². The van der Waals surface area contributed by atoms with Crippen molar-refractivity contribution in [1.82, 2.24) is 9.99 Å². The summed E-state index contributed by atoms with van der Waals surface area (Å²) in [6.45, 7) is 4.78. The smallest absolute Gasteiger partial charge is 0.269 e. The summed E-state index contributed by atoms with van der Waals surface area (Å²) in [4.78, 5) is 22.3. The number of hydrogen-bond acceptors (Lipinski definition) is 4. The lowest BCUT2D eigenvalue weighted by atomic mass is 10.1. The molecular formula is C20H20N4O3. The number of amides is 1. The molecule has 0 aliphatic carbocycles. The highest BCUT2D eigenvalue weighted by atomic mass is 16.6. The molecule has 0 spiro atoms. The molecule has 0 unspecified atom stereocenters. The minimum absolute atomic E-state index is 0.000313. The van der Waals surface area contributed by atoms with Gasteiger partial charge in [-0.1, -0.05) is 30.3 Å². The number of nitro benzene ring substituents is 1. The number of nitrogens with one attached hydrogen (secondary N) is 1. The van der Waals surface area contributed by atoms with E-state index in [-0.39, 0.29) is 18.0 Å². The molecule has 1 heterocycles. The minimum atomic E-state index is -0.468. The number of benzene rings is 2. The number of nitrogens with zero attached hydrogens (tertiary/aromatic N) is 3. The Morgan fingerprint density at radius 1 is 1.19 bits per heavy atom. The molecule has 27 heavy (non-hydrogen) atoms. The fraction of sp³-hybridized carbons (Fsp3) is 0.200. The van der Waals surface area contributed by atoms with Crippen LogP contribution in [0.3, 0.4) is 0 Å². The number of aromatic nitrogens is 1. The molecule has 7 nitrogen and oxygen atoms in total. The van der Waals surface area contributed by atoms with Gasteiger partial charge in [0.1, 0.15) is 0 Å². The van der Waals surface area contributed by atoms with Gasteiger partial charge in [-0.3, -0.25) is 14.9 Å². The van der Waals surface area contributed by atoms with E-state index in [1.165, 1.54) is 12.1 Å². The largest absolute Gasteiger partial charge is 0.347 e. The zero-order valence-electron chi connectivity index (χ0n) is 15.2. The maximum atomic E-state index is 12.1. The lowest BCUT2D eigenvalue weighted by Gasteiger charge is -2.03. The Balaban J connectivity index is 1.72. The molecule has 3 aromatic rings. The standard InChI is InChI=1S/C20H20N4O3/c1-3-23-13-18(17-6-4-5-7-19(17)23)14(2)21-22-20(25)12-15-8-10-16(11-9-15)24(26)27/h4-11,13H,3,12H2,1-2H3,(H,22,25)/b21-14-. The van der Waals surface area contributed by atoms with Crippen LogP contribution in [-0.2, 0) is 17.8 Å². The number of para-hydroxylation sites is 1. The summed E-state index contributed by atoms with van der Waals surface area (Å²) in [6, 6.07) is 14.0. The normalized spacial score (nSPS) is 11.6. The zero-order chi connectivity index (χ0) is 19.4. The van der Waals surface area contributed by atoms with E-state index >= 15 is 0 Å². The number of non-ortho nitro benzene ring substituents is 1. The van der Waals surface area contributed by atoms with Crippen molar-refractivity contribution in [3.63, 3.8) is 0 Å². The highest BCUT2D eigenvalue weighted by molar-refractivity contribution is 6.10. The number of hydrogen-bond donors (Lipinski definition) is 1. The van der Waals surface area contributed by atoms with E-state index in [2.05, 4.69) is 28.1 Å². The molecule has 7 heteroatoms. The predicted molar refractivity (Wildman–Crippen MR) is 105 cm³/mol. The zero-order valence-corrected chi connectivity index (χ0v) is 15.2. The summed E-state index contributed by atoms with van der Waals surface area (Å²) >= 11 is 0. The molecule has 0 atom stereocenters. The first-order chi connectivity index (χ1) is 13.0. The quantitative estimate of drug-likeness (QED) is 0.411. The monoisotopic (exact) mass is 364 g/mol. The van der Waals surface area contributed by atoms with Crippen molar-refractivity contribution in [3.05, 3.63) is 76.0 Å². The third kappa shape index (κ3) is 4.03. The van der Waals surface area contributed by atoms with Crippen molar-refractivity contribution >= 4 is 28.2 Å². The molecule has 0 bridgehead atoms. The van der Waals surface area contributed by atoms with E-state index in [1.807, 2.05) is 31.3 Å². The van der Waals surface area contributed by atoms with Gasteiger partial charge in [0.25, 0.3) is 5.69 Å². The molecule has 0 saturated carbocycles. The second-order valence-electron chi connectivity index (χ2n) is 6.18. The van der Waals surface area contributed by atoms with Crippen LogP contribution in [0.1, 0.15) is 25.0 Å². The van der Waals surface area contributed by atoms with Crippen LogP contribution in [-0.4, -0.2) is 21.1 Å². The molecule has 0 saturated heterocycles. The summed E-state index contributed by atoms with van der Waals surface area (Å²) in [5, 5.41) is 16.0. The Morgan fingerprint density at radius 2 is 1.89 bits per heavy atom. The van der Waals surface area contributed by atoms with Gasteiger partial charge < -0.3 is 4.57 Å². The highest BCUT2D eigenvalue weighted by Crippen LogP contribution is 2.22. The lowest BCUT2D eigenvalue weighted by molar-refractivity contribution is -0.384. The van der Waals surface area contributed by atoms with Crippen molar-refractivity contribution in [2.75, 3.05) is 0 Å². The molecule has 0 radical (unpaired) electrons. The fourth-order valence-corrected chi connectivity index (χ4v) is 2.96. The van der Waals surface area contributed by atoms with Crippen LogP contribution in [0, 0.1) is 10.1 Å². The molecule has 138 valence electrons. The molecule has 0 aliphatic heterocycles. The van der Waals surface area contributed by atoms with Gasteiger partial charge in [-0.05, 0) is 25.5 Å². The van der Waals surface area contributed by atoms with Crippen molar-refractivity contribution in [2.24, 2.45) is 5.10 Å². The van der Waals surface area contributed by atoms with E-state index < -0.39 is 4.92 Å². The first-order valence-electron chi connectivity index (χ1n) is 8.64. The van der Waals surface area contributed by atoms with E-state index in [9.17, 15) is 14.9 Å². The highest BCUT2D eigenvalue weighted by Gasteiger charge is 2.11. The number of hydrazone groups is 1. The average Bonchev–Trinajstić information content (AvgIpc) is 3.05. The van der Waals surface area contributed by atoms with Crippen LogP contribution < -0.4 is 5.43 Å². The van der Waals surface area contributed by atoms with E-state index in [4.69, 9.17) is 0 Å². The summed E-state index contributed by atoms with van der Waals surface area (Å²) < 4.78 is 2.14. The second-order valence-corrected chi connectivity index (χ2v) is 6.18. The maximum Gasteiger partial charge on any atom is 0.269 e. The average molecular weight is 364 g/mol. The molecule has 1 N–H and O–H groups in total. The topological polar surface area (TPSA) is 89.5 Å². The number of rotatable bonds is 6. The van der Waals surface area contributed by atoms with Crippen molar-refractivity contribution < 1.29 is 9.72 Å². The summed E-state index contributed by atoms with van der Waals surface area (Å²) in [5.74, 6) is -0.276. The Labute approximate surface area is 156 Å². The molecular weight excluding hydrogens is 344 g/mol. The molecule has 0 fully saturated rings. The van der Waals surface area contributed by atoms with Crippen molar-refractivity contribution in [2.45, 2.75) is 26.8 Å². The Morgan fingerprint density at radius 3 is 2.56 bits per heavy atom. The maximum absolute atomic E-state index is 12.1. The number of carbonyl (C=O) groups excluding carboxylic acids is 1. The van der Waals surface area contributed by atoms with Gasteiger partial charge >= 0.3 is 0 Å². The van der Waals surface area contributed by atoms with Crippen LogP contribution in [0.2, 0.25) is 0 Å². The predicted octanol–water partition coefficient (Wildman–Crippen LogP) is 3.65. The van der Waals surface area contributed by atoms with Gasteiger partial charge in [-0.15, -0.1) is 0 Å². The van der Waals surface area contributed by atoms with Crippen molar-refractivity contribution in [3.8, 4) is 0 Å². The van der Waals surface area contributed by atoms with Crippen molar-refractivity contribution in [1.29, 1.82) is 0 Å². The Bertz CT molecular complexity index is 1020. The van der Waals surface area contributed by atoms with Gasteiger partial charge in [-0.25, -0.2) is 5.43 Å². The van der Waals surface area contributed by atoms with Gasteiger partial charge in [-0.2, -0.15) is 5.10 Å². The third-order valence-corrected chi connectivity index (χ3v) is 4.38. The Hall–Kier alpha value is -3.48. The summed E-state index contributed by atoms with van der Waals surface area (Å²) in [7, 11) is 0. The van der Waals surface area contributed by atoms with E-state index in [0.717, 1.165) is 28.7 Å². The lowest BCUT2D eigenvalue weighted by Crippen LogP contribution is -2.21.